The van der Waals surface area contributed by atoms with Crippen LogP contribution >= 0.6 is 0 Å². The van der Waals surface area contributed by atoms with Crippen LogP contribution in [-0.2, 0) is 0 Å². The number of hydrogen-bond acceptors (Lipinski definition) is 3. The normalized spacial score (nSPS) is 31.9. The predicted molar refractivity (Wildman–Crippen MR) is 31.0 cm³/mol. The maximum absolute atomic E-state index is 8.92. The minimum Gasteiger partial charge on any atom is -0.377 e. The molecule has 0 radical (unpaired) electrons. The van der Waals surface area contributed by atoms with E-state index in [1.807, 2.05) is 0 Å². The van der Waals surface area contributed by atoms with Gasteiger partial charge in [-0.15, -0.1) is 0 Å². The van der Waals surface area contributed by atoms with Crippen LogP contribution < -0.4 is 10.9 Å². The Bertz CT molecular complexity index is 59.4. The summed E-state index contributed by atoms with van der Waals surface area (Å²) in [4.78, 5) is 0. The van der Waals surface area contributed by atoms with E-state index < -0.39 is 0 Å². The van der Waals surface area contributed by atoms with Gasteiger partial charge in [0.25, 0.3) is 0 Å². The van der Waals surface area contributed by atoms with Crippen molar-refractivity contribution in [3.63, 3.8) is 0 Å². The minimum absolute atomic E-state index is 0.336. The van der Waals surface area contributed by atoms with E-state index in [-0.39, 0.29) is 6.23 Å². The number of hydrogen-bond donors (Lipinski definition) is 3. The van der Waals surface area contributed by atoms with E-state index >= 15 is 0 Å². The molecule has 0 aromatic rings. The van der Waals surface area contributed by atoms with E-state index in [2.05, 4.69) is 10.9 Å². The molecule has 1 saturated heterocycles. The molecule has 1 rings (SSSR count). The second-order valence-electron chi connectivity index (χ2n) is 2.08. The number of aliphatic hydroxyl groups excluding tert-OH is 1. The summed E-state index contributed by atoms with van der Waals surface area (Å²) in [5.41, 5.74) is 5.65. The largest absolute Gasteiger partial charge is 0.377 e. The van der Waals surface area contributed by atoms with Gasteiger partial charge >= 0.3 is 0 Å². The van der Waals surface area contributed by atoms with Crippen molar-refractivity contribution in [3.8, 4) is 0 Å². The third-order valence-corrected chi connectivity index (χ3v) is 1.30. The molecule has 3 nitrogen and oxygen atoms in total. The van der Waals surface area contributed by atoms with Crippen LogP contribution in [0.15, 0.2) is 0 Å². The first kappa shape index (κ1) is 6.01. The first-order valence-corrected chi connectivity index (χ1v) is 3.06. The zero-order chi connectivity index (χ0) is 5.82. The third-order valence-electron chi connectivity index (χ3n) is 1.30. The van der Waals surface area contributed by atoms with Gasteiger partial charge < -0.3 is 5.11 Å². The highest BCUT2D eigenvalue weighted by Crippen LogP contribution is 1.99. The van der Waals surface area contributed by atoms with Crippen LogP contribution in [0.1, 0.15) is 19.3 Å². The number of aliphatic hydroxyl groups is 1. The SMILES string of the molecule is OC1CCCCNN1. The molecule has 8 heavy (non-hydrogen) atoms. The van der Waals surface area contributed by atoms with Gasteiger partial charge in [0.05, 0.1) is 0 Å². The topological polar surface area (TPSA) is 44.3 Å². The van der Waals surface area contributed by atoms with Crippen molar-refractivity contribution in [2.24, 2.45) is 0 Å². The Morgan fingerprint density at radius 3 is 3.12 bits per heavy atom. The Labute approximate surface area is 49.1 Å². The van der Waals surface area contributed by atoms with Crippen LogP contribution in [0.2, 0.25) is 0 Å². The summed E-state index contributed by atoms with van der Waals surface area (Å²) in [6.45, 7) is 0.969. The Kier molecular flexibility index (Phi) is 2.27. The van der Waals surface area contributed by atoms with Crippen LogP contribution in [0, 0.1) is 0 Å². The molecule has 1 heterocycles. The van der Waals surface area contributed by atoms with Gasteiger partial charge in [-0.2, -0.15) is 0 Å². The molecule has 48 valence electrons. The van der Waals surface area contributed by atoms with Crippen LogP contribution in [0.3, 0.4) is 0 Å². The molecular formula is C5H12N2O. The predicted octanol–water partition coefficient (Wildman–Crippen LogP) is -0.417. The summed E-state index contributed by atoms with van der Waals surface area (Å²) in [5, 5.41) is 8.92. The van der Waals surface area contributed by atoms with E-state index in [0.717, 1.165) is 25.8 Å². The van der Waals surface area contributed by atoms with Crippen LogP contribution in [-0.4, -0.2) is 17.9 Å². The molecule has 1 unspecified atom stereocenters. The van der Waals surface area contributed by atoms with E-state index in [9.17, 15) is 0 Å². The highest BCUT2D eigenvalue weighted by molar-refractivity contribution is 4.56. The van der Waals surface area contributed by atoms with Gasteiger partial charge in [-0.25, -0.2) is 5.43 Å². The molecule has 0 amide bonds. The number of rotatable bonds is 0. The first-order valence-electron chi connectivity index (χ1n) is 3.06. The summed E-state index contributed by atoms with van der Waals surface area (Å²) in [7, 11) is 0. The van der Waals surface area contributed by atoms with Gasteiger partial charge in [0, 0.05) is 6.54 Å². The lowest BCUT2D eigenvalue weighted by Crippen LogP contribution is -2.38. The standard InChI is InChI=1S/C5H12N2O/c8-5-3-1-2-4-6-7-5/h5-8H,1-4H2. The summed E-state index contributed by atoms with van der Waals surface area (Å²) < 4.78 is 0. The fourth-order valence-corrected chi connectivity index (χ4v) is 0.813. The molecule has 1 atom stereocenters. The molecular weight excluding hydrogens is 104 g/mol. The van der Waals surface area contributed by atoms with Crippen molar-refractivity contribution in [2.75, 3.05) is 6.54 Å². The highest BCUT2D eigenvalue weighted by Gasteiger charge is 2.04. The zero-order valence-electron chi connectivity index (χ0n) is 4.85. The summed E-state index contributed by atoms with van der Waals surface area (Å²) in [6.07, 6.45) is 2.80. The molecule has 0 spiro atoms. The number of nitrogens with one attached hydrogen (secondary N) is 2. The Balaban J connectivity index is 2.17. The average Bonchev–Trinajstić information content (AvgIpc) is 1.94. The Hall–Kier alpha value is -0.120. The second-order valence-corrected chi connectivity index (χ2v) is 2.08. The van der Waals surface area contributed by atoms with Crippen molar-refractivity contribution in [1.82, 2.24) is 10.9 Å². The Morgan fingerprint density at radius 2 is 2.25 bits per heavy atom. The maximum atomic E-state index is 8.92. The summed E-state index contributed by atoms with van der Waals surface area (Å²) in [5.74, 6) is 0. The van der Waals surface area contributed by atoms with Crippen LogP contribution in [0.4, 0.5) is 0 Å². The highest BCUT2D eigenvalue weighted by atomic mass is 16.3. The molecule has 0 aliphatic carbocycles. The van der Waals surface area contributed by atoms with Gasteiger partial charge in [0.15, 0.2) is 0 Å². The van der Waals surface area contributed by atoms with Crippen molar-refractivity contribution >= 4 is 0 Å². The van der Waals surface area contributed by atoms with Gasteiger partial charge in [0.2, 0.25) is 0 Å². The van der Waals surface area contributed by atoms with Crippen molar-refractivity contribution in [3.05, 3.63) is 0 Å². The lowest BCUT2D eigenvalue weighted by molar-refractivity contribution is 0.119. The Morgan fingerprint density at radius 1 is 1.38 bits per heavy atom. The molecule has 1 fully saturated rings. The summed E-state index contributed by atoms with van der Waals surface area (Å²) in [6, 6.07) is 0. The molecule has 0 aromatic carbocycles. The van der Waals surface area contributed by atoms with E-state index in [0.29, 0.717) is 0 Å². The van der Waals surface area contributed by atoms with Crippen molar-refractivity contribution < 1.29 is 5.11 Å². The van der Waals surface area contributed by atoms with Gasteiger partial charge in [-0.3, -0.25) is 5.43 Å². The fraction of sp³-hybridized carbons (Fsp3) is 1.00. The quantitative estimate of drug-likeness (QED) is 0.403. The third kappa shape index (κ3) is 1.78. The molecule has 3 heteroatoms. The second kappa shape index (κ2) is 3.02. The molecule has 0 aromatic heterocycles. The monoisotopic (exact) mass is 116 g/mol. The summed E-state index contributed by atoms with van der Waals surface area (Å²) >= 11 is 0. The smallest absolute Gasteiger partial charge is 0.117 e. The fourth-order valence-electron chi connectivity index (χ4n) is 0.813. The van der Waals surface area contributed by atoms with Crippen LogP contribution in [0.25, 0.3) is 0 Å². The lowest BCUT2D eigenvalue weighted by atomic mass is 10.2. The van der Waals surface area contributed by atoms with E-state index in [4.69, 9.17) is 5.11 Å². The van der Waals surface area contributed by atoms with E-state index in [1.54, 1.807) is 0 Å². The first-order chi connectivity index (χ1) is 3.89. The minimum atomic E-state index is -0.336. The van der Waals surface area contributed by atoms with Crippen LogP contribution in [0.5, 0.6) is 0 Å². The van der Waals surface area contributed by atoms with Crippen molar-refractivity contribution in [1.29, 1.82) is 0 Å². The molecule has 1 aliphatic heterocycles. The van der Waals surface area contributed by atoms with Crippen molar-refractivity contribution in [2.45, 2.75) is 25.5 Å². The number of hydrazine groups is 1. The van der Waals surface area contributed by atoms with Gasteiger partial charge in [-0.05, 0) is 19.3 Å². The average molecular weight is 116 g/mol. The molecule has 0 bridgehead atoms. The zero-order valence-corrected chi connectivity index (χ0v) is 4.85. The maximum Gasteiger partial charge on any atom is 0.117 e. The molecule has 0 saturated carbocycles. The van der Waals surface area contributed by atoms with E-state index in [1.165, 1.54) is 0 Å². The molecule has 3 N–H and O–H groups in total. The molecule has 1 aliphatic rings. The van der Waals surface area contributed by atoms with Gasteiger partial charge in [-0.1, -0.05) is 0 Å². The van der Waals surface area contributed by atoms with Gasteiger partial charge in [0.1, 0.15) is 6.23 Å². The lowest BCUT2D eigenvalue weighted by Gasteiger charge is -2.06.